The monoisotopic (exact) mass is 530 g/mol. The number of hydrogen-bond donors (Lipinski definition) is 0. The first-order valence-corrected chi connectivity index (χ1v) is 14.8. The highest BCUT2D eigenvalue weighted by Gasteiger charge is 2.20. The second kappa shape index (κ2) is 10.6. The lowest BCUT2D eigenvalue weighted by atomic mass is 10.3. The van der Waals surface area contributed by atoms with Crippen molar-refractivity contribution >= 4 is 41.8 Å². The van der Waals surface area contributed by atoms with Crippen molar-refractivity contribution < 1.29 is 25.2 Å². The molecule has 0 aliphatic rings. The molecule has 0 N–H and O–H groups in total. The summed E-state index contributed by atoms with van der Waals surface area (Å²) in [6, 6.07) is 29.2. The average Bonchev–Trinajstić information content (AvgIpc) is 2.85. The highest BCUT2D eigenvalue weighted by molar-refractivity contribution is 8.76. The number of para-hydroxylation sites is 2. The Kier molecular flexibility index (Phi) is 7.52. The molecule has 0 amide bonds. The number of hydrogen-bond acceptors (Lipinski definition) is 8. The zero-order valence-electron chi connectivity index (χ0n) is 17.5. The lowest BCUT2D eigenvalue weighted by Gasteiger charge is -2.13. The zero-order chi connectivity index (χ0) is 24.0. The van der Waals surface area contributed by atoms with Crippen LogP contribution in [0.2, 0.25) is 0 Å². The zero-order valence-corrected chi connectivity index (χ0v) is 20.7. The molecule has 174 valence electrons. The predicted molar refractivity (Wildman–Crippen MR) is 133 cm³/mol. The van der Waals surface area contributed by atoms with Gasteiger partial charge in [0.2, 0.25) is 0 Å². The Morgan fingerprint density at radius 1 is 0.441 bits per heavy atom. The molecule has 0 heterocycles. The maximum Gasteiger partial charge on any atom is 0.339 e. The van der Waals surface area contributed by atoms with Gasteiger partial charge in [-0.15, -0.1) is 0 Å². The highest BCUT2D eigenvalue weighted by atomic mass is 33.1. The fraction of sp³-hybridized carbons (Fsp3) is 0. The summed E-state index contributed by atoms with van der Waals surface area (Å²) in [6.45, 7) is 0. The maximum absolute atomic E-state index is 12.6. The minimum absolute atomic E-state index is 0.0484. The molecule has 0 saturated heterocycles. The molecular formula is C24H18O6S4. The standard InChI is InChI=1S/C24H18O6S4/c25-33(26,19-11-3-1-4-12-19)29-21-15-7-9-17-23(21)31-32-24-18-10-8-16-22(24)30-34(27,28)20-13-5-2-6-14-20/h1-18H. The minimum Gasteiger partial charge on any atom is -0.378 e. The minimum atomic E-state index is -4.01. The highest BCUT2D eigenvalue weighted by Crippen LogP contribution is 2.45. The van der Waals surface area contributed by atoms with E-state index in [9.17, 15) is 16.8 Å². The molecule has 0 aliphatic carbocycles. The van der Waals surface area contributed by atoms with Crippen LogP contribution < -0.4 is 8.37 Å². The van der Waals surface area contributed by atoms with Gasteiger partial charge in [-0.2, -0.15) is 16.8 Å². The molecule has 0 atom stereocenters. The molecule has 10 heteroatoms. The fourth-order valence-electron chi connectivity index (χ4n) is 2.77. The lowest BCUT2D eigenvalue weighted by Crippen LogP contribution is -2.10. The van der Waals surface area contributed by atoms with Gasteiger partial charge in [0.25, 0.3) is 0 Å². The van der Waals surface area contributed by atoms with Gasteiger partial charge >= 0.3 is 20.2 Å². The molecule has 4 rings (SSSR count). The molecule has 4 aromatic rings. The van der Waals surface area contributed by atoms with Gasteiger partial charge in [-0.1, -0.05) is 60.7 Å². The van der Waals surface area contributed by atoms with E-state index in [0.29, 0.717) is 9.79 Å². The average molecular weight is 531 g/mol. The van der Waals surface area contributed by atoms with E-state index in [-0.39, 0.29) is 21.3 Å². The van der Waals surface area contributed by atoms with Crippen molar-refractivity contribution in [3.63, 3.8) is 0 Å². The first-order valence-electron chi connectivity index (χ1n) is 9.87. The Morgan fingerprint density at radius 3 is 1.15 bits per heavy atom. The van der Waals surface area contributed by atoms with Crippen molar-refractivity contribution in [1.82, 2.24) is 0 Å². The summed E-state index contributed by atoms with van der Waals surface area (Å²) in [6.07, 6.45) is 0. The van der Waals surface area contributed by atoms with Gasteiger partial charge in [-0.25, -0.2) is 0 Å². The lowest BCUT2D eigenvalue weighted by molar-refractivity contribution is 0.478. The van der Waals surface area contributed by atoms with Crippen LogP contribution in [0.4, 0.5) is 0 Å². The van der Waals surface area contributed by atoms with Crippen LogP contribution >= 0.6 is 21.6 Å². The van der Waals surface area contributed by atoms with Crippen molar-refractivity contribution in [3.8, 4) is 11.5 Å². The molecule has 0 spiro atoms. The third-order valence-electron chi connectivity index (χ3n) is 4.38. The van der Waals surface area contributed by atoms with Crippen LogP contribution in [0.15, 0.2) is 129 Å². The number of rotatable bonds is 9. The molecule has 0 unspecified atom stereocenters. The van der Waals surface area contributed by atoms with Crippen molar-refractivity contribution in [3.05, 3.63) is 109 Å². The molecule has 0 radical (unpaired) electrons. The molecule has 0 aromatic heterocycles. The number of benzene rings is 4. The van der Waals surface area contributed by atoms with Crippen LogP contribution in [0.5, 0.6) is 11.5 Å². The molecule has 4 aromatic carbocycles. The Hall–Kier alpha value is -2.92. The molecule has 0 aliphatic heterocycles. The molecule has 0 bridgehead atoms. The molecule has 0 saturated carbocycles. The summed E-state index contributed by atoms with van der Waals surface area (Å²) in [7, 11) is -5.57. The third-order valence-corrected chi connectivity index (χ3v) is 9.32. The van der Waals surface area contributed by atoms with E-state index in [4.69, 9.17) is 8.37 Å². The van der Waals surface area contributed by atoms with Crippen LogP contribution in [-0.4, -0.2) is 16.8 Å². The van der Waals surface area contributed by atoms with Gasteiger partial charge in [0, 0.05) is 0 Å². The summed E-state index contributed by atoms with van der Waals surface area (Å²) in [5, 5.41) is 0. The maximum atomic E-state index is 12.6. The van der Waals surface area contributed by atoms with Crippen LogP contribution in [0, 0.1) is 0 Å². The summed E-state index contributed by atoms with van der Waals surface area (Å²) >= 11 is 0. The van der Waals surface area contributed by atoms with E-state index < -0.39 is 20.2 Å². The second-order valence-electron chi connectivity index (χ2n) is 6.76. The van der Waals surface area contributed by atoms with Crippen molar-refractivity contribution in [2.45, 2.75) is 19.6 Å². The Balaban J connectivity index is 1.54. The Labute approximate surface area is 206 Å². The SMILES string of the molecule is O=S(=O)(Oc1ccccc1SSc1ccccc1OS(=O)(=O)c1ccccc1)c1ccccc1. The van der Waals surface area contributed by atoms with Gasteiger partial charge < -0.3 is 8.37 Å². The first-order chi connectivity index (χ1) is 16.4. The Morgan fingerprint density at radius 2 is 0.765 bits per heavy atom. The van der Waals surface area contributed by atoms with Gasteiger partial charge in [0.15, 0.2) is 11.5 Å². The van der Waals surface area contributed by atoms with Crippen LogP contribution in [0.1, 0.15) is 0 Å². The summed E-state index contributed by atoms with van der Waals surface area (Å²) in [5.74, 6) is 0.332. The quantitative estimate of drug-likeness (QED) is 0.192. The van der Waals surface area contributed by atoms with E-state index in [1.54, 1.807) is 84.9 Å². The van der Waals surface area contributed by atoms with Crippen LogP contribution in [0.25, 0.3) is 0 Å². The molecule has 6 nitrogen and oxygen atoms in total. The normalized spacial score (nSPS) is 11.6. The second-order valence-corrected chi connectivity index (χ2v) is 12.1. The predicted octanol–water partition coefficient (Wildman–Crippen LogP) is 6.02. The molecular weight excluding hydrogens is 513 g/mol. The van der Waals surface area contributed by atoms with E-state index >= 15 is 0 Å². The first kappa shape index (κ1) is 24.2. The van der Waals surface area contributed by atoms with Gasteiger partial charge in [-0.05, 0) is 70.1 Å². The van der Waals surface area contributed by atoms with Gasteiger partial charge in [0.05, 0.1) is 9.79 Å². The van der Waals surface area contributed by atoms with Crippen LogP contribution in [0.3, 0.4) is 0 Å². The fourth-order valence-corrected chi connectivity index (χ4v) is 7.01. The molecule has 0 fully saturated rings. The summed E-state index contributed by atoms with van der Waals surface area (Å²) in [4.78, 5) is 1.19. The summed E-state index contributed by atoms with van der Waals surface area (Å²) in [5.41, 5.74) is 0. The van der Waals surface area contributed by atoms with Gasteiger partial charge in [0.1, 0.15) is 9.79 Å². The van der Waals surface area contributed by atoms with Crippen LogP contribution in [-0.2, 0) is 20.2 Å². The Bertz CT molecular complexity index is 1360. The topological polar surface area (TPSA) is 86.7 Å². The van der Waals surface area contributed by atoms with Gasteiger partial charge in [-0.3, -0.25) is 0 Å². The van der Waals surface area contributed by atoms with Crippen molar-refractivity contribution in [2.24, 2.45) is 0 Å². The van der Waals surface area contributed by atoms with E-state index in [0.717, 1.165) is 0 Å². The van der Waals surface area contributed by atoms with E-state index in [1.807, 2.05) is 0 Å². The molecule has 34 heavy (non-hydrogen) atoms. The van der Waals surface area contributed by atoms with Crippen molar-refractivity contribution in [1.29, 1.82) is 0 Å². The van der Waals surface area contributed by atoms with Crippen molar-refractivity contribution in [2.75, 3.05) is 0 Å². The smallest absolute Gasteiger partial charge is 0.339 e. The van der Waals surface area contributed by atoms with E-state index in [2.05, 4.69) is 0 Å². The summed E-state index contributed by atoms with van der Waals surface area (Å²) < 4.78 is 61.4. The van der Waals surface area contributed by atoms with E-state index in [1.165, 1.54) is 45.9 Å². The third kappa shape index (κ3) is 5.95. The largest absolute Gasteiger partial charge is 0.378 e.